The fraction of sp³-hybridized carbons (Fsp3) is 0.316. The highest BCUT2D eigenvalue weighted by molar-refractivity contribution is 7.17. The van der Waals surface area contributed by atoms with Crippen LogP contribution in [0.25, 0.3) is 0 Å². The number of benzene rings is 1. The molecule has 0 saturated heterocycles. The maximum absolute atomic E-state index is 12.5. The first kappa shape index (κ1) is 18.9. The number of amides is 1. The number of nitrogens with zero attached hydrogens (tertiary/aromatic N) is 3. The molecule has 0 fully saturated rings. The van der Waals surface area contributed by atoms with E-state index in [-0.39, 0.29) is 11.7 Å². The number of aryl methyl sites for hydroxylation is 2. The second-order valence-corrected chi connectivity index (χ2v) is 7.36. The van der Waals surface area contributed by atoms with Gasteiger partial charge in [-0.3, -0.25) is 9.48 Å². The zero-order valence-electron chi connectivity index (χ0n) is 15.6. The van der Waals surface area contributed by atoms with Gasteiger partial charge >= 0.3 is 0 Å². The Morgan fingerprint density at radius 3 is 2.89 bits per heavy atom. The van der Waals surface area contributed by atoms with Crippen molar-refractivity contribution < 1.29 is 9.90 Å². The van der Waals surface area contributed by atoms with E-state index in [2.05, 4.69) is 27.6 Å². The highest BCUT2D eigenvalue weighted by Crippen LogP contribution is 2.29. The third-order valence-electron chi connectivity index (χ3n) is 4.23. The standard InChI is InChI=1S/C19H23N5O2S/c1-4-5-9-24-10-8-16(23-24)21-19-20-11-15(27-19)18(26)22-17-12(2)6-7-14(25)13(17)3/h6-8,10-11,25H,4-5,9H2,1-3H3,(H,22,26)(H,20,21,23). The number of thiazole rings is 1. The topological polar surface area (TPSA) is 92.1 Å². The molecule has 8 heteroatoms. The van der Waals surface area contributed by atoms with Crippen LogP contribution < -0.4 is 10.6 Å². The van der Waals surface area contributed by atoms with Crippen LogP contribution in [0.1, 0.15) is 40.6 Å². The first-order valence-electron chi connectivity index (χ1n) is 8.84. The Balaban J connectivity index is 1.68. The first-order chi connectivity index (χ1) is 13.0. The van der Waals surface area contributed by atoms with Crippen molar-refractivity contribution in [3.63, 3.8) is 0 Å². The third-order valence-corrected chi connectivity index (χ3v) is 5.14. The average Bonchev–Trinajstić information content (AvgIpc) is 3.30. The molecule has 142 valence electrons. The minimum absolute atomic E-state index is 0.154. The third kappa shape index (κ3) is 4.46. The molecule has 0 saturated carbocycles. The SMILES string of the molecule is CCCCn1ccc(Nc2ncc(C(=O)Nc3c(C)ccc(O)c3C)s2)n1. The zero-order chi connectivity index (χ0) is 19.4. The lowest BCUT2D eigenvalue weighted by Crippen LogP contribution is -2.12. The van der Waals surface area contributed by atoms with Gasteiger partial charge in [0.05, 0.1) is 11.9 Å². The van der Waals surface area contributed by atoms with Crippen LogP contribution in [0.5, 0.6) is 5.75 Å². The largest absolute Gasteiger partial charge is 0.508 e. The Morgan fingerprint density at radius 1 is 1.30 bits per heavy atom. The molecule has 0 atom stereocenters. The second kappa shape index (κ2) is 8.22. The number of nitrogens with one attached hydrogen (secondary N) is 2. The van der Waals surface area contributed by atoms with Crippen LogP contribution in [0.4, 0.5) is 16.6 Å². The summed E-state index contributed by atoms with van der Waals surface area (Å²) in [4.78, 5) is 17.3. The van der Waals surface area contributed by atoms with Gasteiger partial charge in [0.1, 0.15) is 10.6 Å². The molecular weight excluding hydrogens is 362 g/mol. The van der Waals surface area contributed by atoms with Gasteiger partial charge < -0.3 is 15.7 Å². The predicted octanol–water partition coefficient (Wildman–Crippen LogP) is 4.46. The molecule has 1 amide bonds. The average molecular weight is 385 g/mol. The number of rotatable bonds is 7. The molecule has 0 radical (unpaired) electrons. The smallest absolute Gasteiger partial charge is 0.267 e. The van der Waals surface area contributed by atoms with Crippen molar-refractivity contribution in [1.82, 2.24) is 14.8 Å². The van der Waals surface area contributed by atoms with E-state index in [9.17, 15) is 9.90 Å². The summed E-state index contributed by atoms with van der Waals surface area (Å²) in [5.41, 5.74) is 2.15. The van der Waals surface area contributed by atoms with Crippen LogP contribution in [0.2, 0.25) is 0 Å². The quantitative estimate of drug-likeness (QED) is 0.558. The minimum Gasteiger partial charge on any atom is -0.508 e. The monoisotopic (exact) mass is 385 g/mol. The van der Waals surface area contributed by atoms with Crippen molar-refractivity contribution in [2.75, 3.05) is 10.6 Å². The molecule has 3 rings (SSSR count). The number of phenolic OH excluding ortho intramolecular Hbond substituents is 1. The summed E-state index contributed by atoms with van der Waals surface area (Å²) in [6, 6.07) is 5.28. The van der Waals surface area contributed by atoms with E-state index in [1.54, 1.807) is 19.1 Å². The van der Waals surface area contributed by atoms with Crippen LogP contribution in [-0.2, 0) is 6.54 Å². The normalized spacial score (nSPS) is 10.8. The van der Waals surface area contributed by atoms with Crippen LogP contribution in [0, 0.1) is 13.8 Å². The lowest BCUT2D eigenvalue weighted by Gasteiger charge is -2.11. The molecule has 1 aromatic carbocycles. The van der Waals surface area contributed by atoms with E-state index >= 15 is 0 Å². The zero-order valence-corrected chi connectivity index (χ0v) is 16.4. The van der Waals surface area contributed by atoms with Gasteiger partial charge in [0.15, 0.2) is 10.9 Å². The summed E-state index contributed by atoms with van der Waals surface area (Å²) in [6.07, 6.45) is 5.65. The van der Waals surface area contributed by atoms with Gasteiger partial charge in [0.2, 0.25) is 0 Å². The number of unbranched alkanes of at least 4 members (excludes halogenated alkanes) is 1. The molecule has 0 aliphatic heterocycles. The summed E-state index contributed by atoms with van der Waals surface area (Å²) in [5.74, 6) is 0.596. The van der Waals surface area contributed by atoms with Crippen molar-refractivity contribution in [2.45, 2.75) is 40.2 Å². The molecule has 0 aliphatic rings. The van der Waals surface area contributed by atoms with Crippen molar-refractivity contribution >= 4 is 33.9 Å². The Kier molecular flexibility index (Phi) is 5.75. The number of carbonyl (C=O) groups excluding carboxylic acids is 1. The minimum atomic E-state index is -0.258. The molecule has 3 N–H and O–H groups in total. The maximum atomic E-state index is 12.5. The fourth-order valence-electron chi connectivity index (χ4n) is 2.62. The van der Waals surface area contributed by atoms with E-state index < -0.39 is 0 Å². The van der Waals surface area contributed by atoms with Crippen molar-refractivity contribution in [2.24, 2.45) is 0 Å². The van der Waals surface area contributed by atoms with E-state index in [4.69, 9.17) is 0 Å². The van der Waals surface area contributed by atoms with Gasteiger partial charge in [-0.1, -0.05) is 30.7 Å². The van der Waals surface area contributed by atoms with E-state index in [0.717, 1.165) is 24.9 Å². The lowest BCUT2D eigenvalue weighted by atomic mass is 10.1. The van der Waals surface area contributed by atoms with Crippen molar-refractivity contribution in [3.8, 4) is 5.75 Å². The van der Waals surface area contributed by atoms with Gasteiger partial charge in [-0.2, -0.15) is 5.10 Å². The number of hydrogen-bond donors (Lipinski definition) is 3. The Hall–Kier alpha value is -2.87. The molecule has 0 spiro atoms. The number of carbonyl (C=O) groups is 1. The molecule has 0 bridgehead atoms. The molecular formula is C19H23N5O2S. The van der Waals surface area contributed by atoms with Crippen LogP contribution >= 0.6 is 11.3 Å². The first-order valence-corrected chi connectivity index (χ1v) is 9.66. The molecule has 3 aromatic rings. The fourth-order valence-corrected chi connectivity index (χ4v) is 3.34. The predicted molar refractivity (Wildman–Crippen MR) is 108 cm³/mol. The van der Waals surface area contributed by atoms with E-state index in [1.165, 1.54) is 17.5 Å². The molecule has 2 heterocycles. The highest BCUT2D eigenvalue weighted by atomic mass is 32.1. The Labute approximate surface area is 162 Å². The summed E-state index contributed by atoms with van der Waals surface area (Å²) in [6.45, 7) is 6.68. The van der Waals surface area contributed by atoms with Gasteiger partial charge in [-0.25, -0.2) is 4.98 Å². The van der Waals surface area contributed by atoms with Gasteiger partial charge in [0, 0.05) is 24.4 Å². The van der Waals surface area contributed by atoms with Crippen molar-refractivity contribution in [1.29, 1.82) is 0 Å². The van der Waals surface area contributed by atoms with E-state index in [0.29, 0.717) is 27.1 Å². The van der Waals surface area contributed by atoms with Crippen LogP contribution in [0.15, 0.2) is 30.6 Å². The lowest BCUT2D eigenvalue weighted by molar-refractivity contribution is 0.103. The Morgan fingerprint density at radius 2 is 2.11 bits per heavy atom. The molecule has 7 nitrogen and oxygen atoms in total. The maximum Gasteiger partial charge on any atom is 0.267 e. The van der Waals surface area contributed by atoms with Crippen LogP contribution in [0.3, 0.4) is 0 Å². The number of hydrogen-bond acceptors (Lipinski definition) is 6. The van der Waals surface area contributed by atoms with Gasteiger partial charge in [-0.05, 0) is 31.9 Å². The number of aromatic hydroxyl groups is 1. The molecule has 2 aromatic heterocycles. The molecule has 0 unspecified atom stereocenters. The second-order valence-electron chi connectivity index (χ2n) is 6.33. The molecule has 0 aliphatic carbocycles. The van der Waals surface area contributed by atoms with Crippen LogP contribution in [-0.4, -0.2) is 25.8 Å². The van der Waals surface area contributed by atoms with E-state index in [1.807, 2.05) is 23.9 Å². The van der Waals surface area contributed by atoms with Gasteiger partial charge in [-0.15, -0.1) is 0 Å². The number of anilines is 3. The highest BCUT2D eigenvalue weighted by Gasteiger charge is 2.15. The summed E-state index contributed by atoms with van der Waals surface area (Å²) in [5, 5.41) is 20.9. The van der Waals surface area contributed by atoms with Gasteiger partial charge in [0.25, 0.3) is 5.91 Å². The summed E-state index contributed by atoms with van der Waals surface area (Å²) in [7, 11) is 0. The van der Waals surface area contributed by atoms with Crippen molar-refractivity contribution in [3.05, 3.63) is 46.6 Å². The Bertz CT molecular complexity index is 947. The number of phenols is 1. The molecule has 27 heavy (non-hydrogen) atoms. The summed E-state index contributed by atoms with van der Waals surface area (Å²) >= 11 is 1.25. The number of aromatic nitrogens is 3. The summed E-state index contributed by atoms with van der Waals surface area (Å²) < 4.78 is 1.89.